The van der Waals surface area contributed by atoms with Crippen molar-refractivity contribution >= 4 is 29.0 Å². The molecule has 150 valence electrons. The summed E-state index contributed by atoms with van der Waals surface area (Å²) in [5.74, 6) is -0.986. The molecule has 1 aliphatic rings. The van der Waals surface area contributed by atoms with Gasteiger partial charge in [-0.3, -0.25) is 4.79 Å². The van der Waals surface area contributed by atoms with Gasteiger partial charge in [-0.1, -0.05) is 0 Å². The molecule has 0 aliphatic carbocycles. The van der Waals surface area contributed by atoms with Crippen LogP contribution >= 0.6 is 11.3 Å². The number of rotatable bonds is 6. The van der Waals surface area contributed by atoms with Crippen LogP contribution in [0.5, 0.6) is 0 Å². The summed E-state index contributed by atoms with van der Waals surface area (Å²) in [6, 6.07) is 4.54. The van der Waals surface area contributed by atoms with Crippen molar-refractivity contribution in [2.45, 2.75) is 25.7 Å². The van der Waals surface area contributed by atoms with E-state index in [0.717, 1.165) is 43.0 Å². The Morgan fingerprint density at radius 1 is 1.14 bits per heavy atom. The average molecular weight is 407 g/mol. The maximum Gasteiger partial charge on any atom is 0.321 e. The van der Waals surface area contributed by atoms with Gasteiger partial charge in [0.05, 0.1) is 6.42 Å². The molecule has 2 heterocycles. The van der Waals surface area contributed by atoms with E-state index in [1.165, 1.54) is 0 Å². The third-order valence-corrected chi connectivity index (χ3v) is 5.57. The molecule has 0 saturated carbocycles. The molecule has 1 saturated heterocycles. The highest BCUT2D eigenvalue weighted by Crippen LogP contribution is 2.21. The van der Waals surface area contributed by atoms with Gasteiger partial charge in [-0.05, 0) is 59.7 Å². The van der Waals surface area contributed by atoms with Crippen LogP contribution in [0.4, 0.5) is 19.3 Å². The number of halogens is 2. The number of anilines is 1. The van der Waals surface area contributed by atoms with E-state index in [2.05, 4.69) is 10.6 Å². The molecule has 5 nitrogen and oxygen atoms in total. The molecule has 1 aromatic heterocycles. The number of piperidine rings is 1. The molecule has 0 bridgehead atoms. The third-order valence-electron chi connectivity index (χ3n) is 4.84. The number of hydrogen-bond acceptors (Lipinski definition) is 3. The first kappa shape index (κ1) is 20.3. The summed E-state index contributed by atoms with van der Waals surface area (Å²) in [5, 5.41) is 9.41. The minimum Gasteiger partial charge on any atom is -0.356 e. The van der Waals surface area contributed by atoms with Crippen molar-refractivity contribution in [1.82, 2.24) is 10.2 Å². The molecule has 0 spiro atoms. The van der Waals surface area contributed by atoms with Crippen molar-refractivity contribution in [1.29, 1.82) is 0 Å². The molecule has 1 fully saturated rings. The second-order valence-corrected chi connectivity index (χ2v) is 7.75. The zero-order chi connectivity index (χ0) is 19.9. The highest BCUT2D eigenvalue weighted by atomic mass is 32.1. The Morgan fingerprint density at radius 3 is 2.50 bits per heavy atom. The second kappa shape index (κ2) is 9.64. The Bertz CT molecular complexity index is 786. The van der Waals surface area contributed by atoms with Gasteiger partial charge in [0, 0.05) is 31.4 Å². The first-order valence-electron chi connectivity index (χ1n) is 9.29. The molecule has 2 N–H and O–H groups in total. The van der Waals surface area contributed by atoms with Gasteiger partial charge in [0.2, 0.25) is 5.91 Å². The normalized spacial score (nSPS) is 14.7. The van der Waals surface area contributed by atoms with Gasteiger partial charge in [0.25, 0.3) is 0 Å². The zero-order valence-corrected chi connectivity index (χ0v) is 16.2. The number of thiophene rings is 1. The number of urea groups is 1. The van der Waals surface area contributed by atoms with Gasteiger partial charge in [-0.15, -0.1) is 0 Å². The van der Waals surface area contributed by atoms with E-state index < -0.39 is 11.6 Å². The lowest BCUT2D eigenvalue weighted by Gasteiger charge is -2.32. The quantitative estimate of drug-likeness (QED) is 0.760. The third kappa shape index (κ3) is 6.02. The first-order chi connectivity index (χ1) is 13.5. The Balaban J connectivity index is 1.35. The van der Waals surface area contributed by atoms with Gasteiger partial charge in [-0.25, -0.2) is 13.6 Å². The summed E-state index contributed by atoms with van der Waals surface area (Å²) in [6.07, 6.45) is 2.96. The van der Waals surface area contributed by atoms with Crippen LogP contribution in [-0.2, 0) is 11.2 Å². The highest BCUT2D eigenvalue weighted by molar-refractivity contribution is 7.08. The van der Waals surface area contributed by atoms with Crippen molar-refractivity contribution in [3.63, 3.8) is 0 Å². The van der Waals surface area contributed by atoms with E-state index in [4.69, 9.17) is 0 Å². The lowest BCUT2D eigenvalue weighted by Crippen LogP contribution is -2.41. The summed E-state index contributed by atoms with van der Waals surface area (Å²) < 4.78 is 26.4. The number of benzene rings is 1. The number of likely N-dealkylation sites (tertiary alicyclic amines) is 1. The summed E-state index contributed by atoms with van der Waals surface area (Å²) in [4.78, 5) is 25.8. The molecule has 0 unspecified atom stereocenters. The fourth-order valence-electron chi connectivity index (χ4n) is 3.31. The molecular formula is C20H23F2N3O2S. The van der Waals surface area contributed by atoms with Crippen LogP contribution in [0.2, 0.25) is 0 Å². The number of nitrogens with zero attached hydrogens (tertiary/aromatic N) is 1. The van der Waals surface area contributed by atoms with Crippen molar-refractivity contribution in [3.8, 4) is 0 Å². The van der Waals surface area contributed by atoms with Crippen LogP contribution in [0.1, 0.15) is 24.8 Å². The van der Waals surface area contributed by atoms with E-state index in [9.17, 15) is 18.4 Å². The minimum absolute atomic E-state index is 0.0255. The van der Waals surface area contributed by atoms with Crippen molar-refractivity contribution in [2.75, 3.05) is 25.0 Å². The van der Waals surface area contributed by atoms with Crippen molar-refractivity contribution < 1.29 is 18.4 Å². The number of carbonyl (C=O) groups excluding carboxylic acids is 2. The zero-order valence-electron chi connectivity index (χ0n) is 15.4. The van der Waals surface area contributed by atoms with E-state index >= 15 is 0 Å². The summed E-state index contributed by atoms with van der Waals surface area (Å²) in [7, 11) is 0. The first-order valence-corrected chi connectivity index (χ1v) is 10.2. The number of amides is 3. The smallest absolute Gasteiger partial charge is 0.321 e. The number of hydrogen-bond donors (Lipinski definition) is 2. The Hall–Kier alpha value is -2.48. The Morgan fingerprint density at radius 2 is 1.86 bits per heavy atom. The molecule has 1 aromatic carbocycles. The fraction of sp³-hybridized carbons (Fsp3) is 0.400. The van der Waals surface area contributed by atoms with Crippen LogP contribution in [0.25, 0.3) is 0 Å². The SMILES string of the molecule is O=C(Cc1ccsc1)NCCC1CCN(C(=O)Nc2cc(F)cc(F)c2)CC1. The summed E-state index contributed by atoms with van der Waals surface area (Å²) >= 11 is 1.58. The van der Waals surface area contributed by atoms with Gasteiger partial charge in [0.1, 0.15) is 11.6 Å². The Labute approximate surface area is 166 Å². The molecular weight excluding hydrogens is 384 g/mol. The lowest BCUT2D eigenvalue weighted by atomic mass is 9.93. The lowest BCUT2D eigenvalue weighted by molar-refractivity contribution is -0.120. The summed E-state index contributed by atoms with van der Waals surface area (Å²) in [6.45, 7) is 1.79. The van der Waals surface area contributed by atoms with Gasteiger partial charge >= 0.3 is 6.03 Å². The fourth-order valence-corrected chi connectivity index (χ4v) is 3.98. The van der Waals surface area contributed by atoms with Gasteiger partial charge in [0.15, 0.2) is 0 Å². The predicted molar refractivity (Wildman–Crippen MR) is 105 cm³/mol. The van der Waals surface area contributed by atoms with Crippen LogP contribution in [0, 0.1) is 17.6 Å². The molecule has 28 heavy (non-hydrogen) atoms. The van der Waals surface area contributed by atoms with E-state index in [0.29, 0.717) is 32.0 Å². The Kier molecular flexibility index (Phi) is 6.97. The topological polar surface area (TPSA) is 61.4 Å². The molecule has 0 radical (unpaired) electrons. The van der Waals surface area contributed by atoms with Gasteiger partial charge < -0.3 is 15.5 Å². The van der Waals surface area contributed by atoms with E-state index in [1.807, 2.05) is 16.8 Å². The number of carbonyl (C=O) groups is 2. The molecule has 2 aromatic rings. The van der Waals surface area contributed by atoms with Crippen LogP contribution < -0.4 is 10.6 Å². The molecule has 0 atom stereocenters. The van der Waals surface area contributed by atoms with E-state index in [-0.39, 0.29) is 17.6 Å². The monoisotopic (exact) mass is 407 g/mol. The van der Waals surface area contributed by atoms with Crippen LogP contribution in [0.15, 0.2) is 35.0 Å². The highest BCUT2D eigenvalue weighted by Gasteiger charge is 2.23. The van der Waals surface area contributed by atoms with Crippen molar-refractivity contribution in [3.05, 3.63) is 52.2 Å². The molecule has 3 rings (SSSR count). The average Bonchev–Trinajstić information content (AvgIpc) is 3.14. The van der Waals surface area contributed by atoms with Crippen molar-refractivity contribution in [2.24, 2.45) is 5.92 Å². The minimum atomic E-state index is -0.727. The largest absolute Gasteiger partial charge is 0.356 e. The molecule has 3 amide bonds. The van der Waals surface area contributed by atoms with Crippen LogP contribution in [-0.4, -0.2) is 36.5 Å². The maximum absolute atomic E-state index is 13.2. The summed E-state index contributed by atoms with van der Waals surface area (Å²) in [5.41, 5.74) is 1.14. The number of nitrogens with one attached hydrogen (secondary N) is 2. The second-order valence-electron chi connectivity index (χ2n) is 6.97. The van der Waals surface area contributed by atoms with Crippen LogP contribution in [0.3, 0.4) is 0 Å². The molecule has 1 aliphatic heterocycles. The van der Waals surface area contributed by atoms with Gasteiger partial charge in [-0.2, -0.15) is 11.3 Å². The maximum atomic E-state index is 13.2. The van der Waals surface area contributed by atoms with E-state index in [1.54, 1.807) is 16.2 Å². The molecule has 8 heteroatoms. The standard InChI is InChI=1S/C20H23F2N3O2S/c21-16-10-17(22)12-18(11-16)24-20(27)25-6-2-14(3-7-25)1-5-23-19(26)9-15-4-8-28-13-15/h4,8,10-14H,1-3,5-7,9H2,(H,23,26)(H,24,27). The predicted octanol–water partition coefficient (Wildman–Crippen LogP) is 4.02.